The third-order valence-electron chi connectivity index (χ3n) is 3.80. The van der Waals surface area contributed by atoms with Gasteiger partial charge < -0.3 is 15.4 Å². The Hall–Kier alpha value is -2.49. The van der Waals surface area contributed by atoms with Crippen LogP contribution in [0.3, 0.4) is 0 Å². The van der Waals surface area contributed by atoms with Crippen LogP contribution in [0.1, 0.15) is 22.3 Å². The SMILES string of the molecule is COc1cccc2c1N(C(=O)c1ccc(N)cc1)CCC2. The van der Waals surface area contributed by atoms with Crippen LogP contribution in [0.15, 0.2) is 42.5 Å². The highest BCUT2D eigenvalue weighted by atomic mass is 16.5. The maximum absolute atomic E-state index is 12.8. The van der Waals surface area contributed by atoms with Gasteiger partial charge in [0.05, 0.1) is 12.8 Å². The van der Waals surface area contributed by atoms with Crippen LogP contribution in [0, 0.1) is 0 Å². The zero-order valence-corrected chi connectivity index (χ0v) is 12.0. The minimum absolute atomic E-state index is 0.0135. The van der Waals surface area contributed by atoms with Crippen LogP contribution in [-0.4, -0.2) is 19.6 Å². The number of nitrogens with two attached hydrogens (primary N) is 1. The Bertz CT molecular complexity index is 651. The van der Waals surface area contributed by atoms with Crippen LogP contribution >= 0.6 is 0 Å². The summed E-state index contributed by atoms with van der Waals surface area (Å²) in [5.41, 5.74) is 9.03. The lowest BCUT2D eigenvalue weighted by molar-refractivity contribution is 0.0984. The van der Waals surface area contributed by atoms with E-state index in [1.807, 2.05) is 17.0 Å². The summed E-state index contributed by atoms with van der Waals surface area (Å²) in [4.78, 5) is 14.6. The van der Waals surface area contributed by atoms with Gasteiger partial charge in [-0.2, -0.15) is 0 Å². The minimum atomic E-state index is -0.0135. The van der Waals surface area contributed by atoms with E-state index < -0.39 is 0 Å². The molecule has 4 heteroatoms. The standard InChI is InChI=1S/C17H18N2O2/c1-21-15-6-2-4-12-5-3-11-19(16(12)15)17(20)13-7-9-14(18)10-8-13/h2,4,6-10H,3,5,11,18H2,1H3. The second-order valence-corrected chi connectivity index (χ2v) is 5.15. The lowest BCUT2D eigenvalue weighted by Crippen LogP contribution is -2.35. The summed E-state index contributed by atoms with van der Waals surface area (Å²) in [7, 11) is 1.64. The maximum atomic E-state index is 12.8. The Morgan fingerprint density at radius 3 is 2.67 bits per heavy atom. The van der Waals surface area contributed by atoms with Gasteiger partial charge in [-0.15, -0.1) is 0 Å². The molecule has 0 aromatic heterocycles. The maximum Gasteiger partial charge on any atom is 0.258 e. The first-order valence-electron chi connectivity index (χ1n) is 7.04. The molecule has 0 bridgehead atoms. The molecule has 2 aromatic rings. The summed E-state index contributed by atoms with van der Waals surface area (Å²) in [5.74, 6) is 0.733. The van der Waals surface area contributed by atoms with E-state index in [0.717, 1.165) is 29.8 Å². The van der Waals surface area contributed by atoms with E-state index in [1.54, 1.807) is 31.4 Å². The third-order valence-corrected chi connectivity index (χ3v) is 3.80. The fraction of sp³-hybridized carbons (Fsp3) is 0.235. The van der Waals surface area contributed by atoms with Crippen molar-refractivity contribution >= 4 is 17.3 Å². The number of ether oxygens (including phenoxy) is 1. The van der Waals surface area contributed by atoms with Crippen LogP contribution in [0.2, 0.25) is 0 Å². The van der Waals surface area contributed by atoms with E-state index >= 15 is 0 Å². The van der Waals surface area contributed by atoms with Crippen LogP contribution in [-0.2, 0) is 6.42 Å². The first-order valence-corrected chi connectivity index (χ1v) is 7.04. The molecule has 4 nitrogen and oxygen atoms in total. The molecule has 108 valence electrons. The van der Waals surface area contributed by atoms with Gasteiger partial charge in [0.2, 0.25) is 0 Å². The van der Waals surface area contributed by atoms with Gasteiger partial charge in [-0.25, -0.2) is 0 Å². The van der Waals surface area contributed by atoms with Crippen molar-refractivity contribution in [1.29, 1.82) is 0 Å². The van der Waals surface area contributed by atoms with Crippen molar-refractivity contribution in [3.05, 3.63) is 53.6 Å². The lowest BCUT2D eigenvalue weighted by Gasteiger charge is -2.31. The highest BCUT2D eigenvalue weighted by Crippen LogP contribution is 2.36. The summed E-state index contributed by atoms with van der Waals surface area (Å²) < 4.78 is 5.43. The molecule has 3 rings (SSSR count). The molecule has 1 heterocycles. The summed E-state index contributed by atoms with van der Waals surface area (Å²) in [5, 5.41) is 0. The Balaban J connectivity index is 2.01. The Kier molecular flexibility index (Phi) is 3.52. The van der Waals surface area contributed by atoms with Gasteiger partial charge >= 0.3 is 0 Å². The first kappa shape index (κ1) is 13.5. The number of carbonyl (C=O) groups is 1. The van der Waals surface area contributed by atoms with E-state index in [9.17, 15) is 4.79 Å². The number of para-hydroxylation sites is 1. The topological polar surface area (TPSA) is 55.6 Å². The molecular formula is C17H18N2O2. The Morgan fingerprint density at radius 1 is 1.19 bits per heavy atom. The number of carbonyl (C=O) groups excluding carboxylic acids is 1. The third kappa shape index (κ3) is 2.44. The minimum Gasteiger partial charge on any atom is -0.495 e. The van der Waals surface area contributed by atoms with Crippen molar-refractivity contribution in [1.82, 2.24) is 0 Å². The monoisotopic (exact) mass is 282 g/mol. The molecule has 2 aromatic carbocycles. The molecule has 0 radical (unpaired) electrons. The average Bonchev–Trinajstić information content (AvgIpc) is 2.53. The van der Waals surface area contributed by atoms with Crippen LogP contribution in [0.25, 0.3) is 0 Å². The molecule has 2 N–H and O–H groups in total. The van der Waals surface area contributed by atoms with Gasteiger partial charge in [0.25, 0.3) is 5.91 Å². The number of nitrogen functional groups attached to an aromatic ring is 1. The molecule has 1 amide bonds. The number of amides is 1. The molecule has 0 unspecified atom stereocenters. The number of methoxy groups -OCH3 is 1. The second kappa shape index (κ2) is 5.48. The molecule has 1 aliphatic rings. The fourth-order valence-electron chi connectivity index (χ4n) is 2.76. The van der Waals surface area contributed by atoms with Crippen molar-refractivity contribution in [2.45, 2.75) is 12.8 Å². The summed E-state index contributed by atoms with van der Waals surface area (Å²) in [6.45, 7) is 0.705. The molecular weight excluding hydrogens is 264 g/mol. The van der Waals surface area contributed by atoms with Gasteiger partial charge in [-0.05, 0) is 48.7 Å². The predicted octanol–water partition coefficient (Wildman–Crippen LogP) is 2.87. The van der Waals surface area contributed by atoms with E-state index in [4.69, 9.17) is 10.5 Å². The number of benzene rings is 2. The van der Waals surface area contributed by atoms with E-state index in [-0.39, 0.29) is 5.91 Å². The van der Waals surface area contributed by atoms with Crippen LogP contribution in [0.4, 0.5) is 11.4 Å². The molecule has 0 atom stereocenters. The number of rotatable bonds is 2. The lowest BCUT2D eigenvalue weighted by atomic mass is 10.00. The molecule has 0 aliphatic carbocycles. The van der Waals surface area contributed by atoms with E-state index in [0.29, 0.717) is 17.8 Å². The molecule has 1 aliphatic heterocycles. The fourth-order valence-corrected chi connectivity index (χ4v) is 2.76. The molecule has 0 spiro atoms. The quantitative estimate of drug-likeness (QED) is 0.862. The van der Waals surface area contributed by atoms with Gasteiger partial charge in [0.15, 0.2) is 0 Å². The second-order valence-electron chi connectivity index (χ2n) is 5.15. The number of fused-ring (bicyclic) bond motifs is 1. The van der Waals surface area contributed by atoms with Crippen molar-refractivity contribution in [2.24, 2.45) is 0 Å². The van der Waals surface area contributed by atoms with Crippen molar-refractivity contribution in [2.75, 3.05) is 24.3 Å². The largest absolute Gasteiger partial charge is 0.495 e. The smallest absolute Gasteiger partial charge is 0.258 e. The summed E-state index contributed by atoms with van der Waals surface area (Å²) in [6.07, 6.45) is 1.93. The zero-order valence-electron chi connectivity index (χ0n) is 12.0. The molecule has 0 fully saturated rings. The highest BCUT2D eigenvalue weighted by molar-refractivity contribution is 6.07. The van der Waals surface area contributed by atoms with Crippen LogP contribution < -0.4 is 15.4 Å². The van der Waals surface area contributed by atoms with Gasteiger partial charge in [0.1, 0.15) is 5.75 Å². The van der Waals surface area contributed by atoms with Crippen LogP contribution in [0.5, 0.6) is 5.75 Å². The van der Waals surface area contributed by atoms with Gasteiger partial charge in [0, 0.05) is 17.8 Å². The van der Waals surface area contributed by atoms with Gasteiger partial charge in [-0.3, -0.25) is 4.79 Å². The molecule has 0 saturated carbocycles. The predicted molar refractivity (Wildman–Crippen MR) is 83.8 cm³/mol. The number of hydrogen-bond donors (Lipinski definition) is 1. The zero-order chi connectivity index (χ0) is 14.8. The number of nitrogens with zero attached hydrogens (tertiary/aromatic N) is 1. The molecule has 0 saturated heterocycles. The van der Waals surface area contributed by atoms with Crippen molar-refractivity contribution in [3.63, 3.8) is 0 Å². The first-order chi connectivity index (χ1) is 10.2. The normalized spacial score (nSPS) is 13.7. The Morgan fingerprint density at radius 2 is 1.95 bits per heavy atom. The number of anilines is 2. The van der Waals surface area contributed by atoms with Crippen molar-refractivity contribution < 1.29 is 9.53 Å². The van der Waals surface area contributed by atoms with Gasteiger partial charge in [-0.1, -0.05) is 12.1 Å². The number of aryl methyl sites for hydroxylation is 1. The van der Waals surface area contributed by atoms with E-state index in [1.165, 1.54) is 0 Å². The highest BCUT2D eigenvalue weighted by Gasteiger charge is 2.26. The van der Waals surface area contributed by atoms with E-state index in [2.05, 4.69) is 6.07 Å². The van der Waals surface area contributed by atoms with Crippen molar-refractivity contribution in [3.8, 4) is 5.75 Å². The Labute approximate surface area is 124 Å². The number of hydrogen-bond acceptors (Lipinski definition) is 3. The molecule has 21 heavy (non-hydrogen) atoms. The average molecular weight is 282 g/mol. The summed E-state index contributed by atoms with van der Waals surface area (Å²) in [6, 6.07) is 13.0. The summed E-state index contributed by atoms with van der Waals surface area (Å²) >= 11 is 0.